The third kappa shape index (κ3) is 3.47. The predicted molar refractivity (Wildman–Crippen MR) is 90.5 cm³/mol. The van der Waals surface area contributed by atoms with Crippen LogP contribution in [0.5, 0.6) is 0 Å². The van der Waals surface area contributed by atoms with Crippen LogP contribution in [-0.2, 0) is 10.0 Å². The fourth-order valence-electron chi connectivity index (χ4n) is 2.70. The molecule has 5 heteroatoms. The minimum atomic E-state index is -3.36. The lowest BCUT2D eigenvalue weighted by atomic mass is 10.1. The average molecular weight is 324 g/mol. The molecule has 3 nitrogen and oxygen atoms in total. The second-order valence-corrected chi connectivity index (χ2v) is 14.0. The Morgan fingerprint density at radius 2 is 1.81 bits per heavy atom. The zero-order valence-corrected chi connectivity index (χ0v) is 15.2. The minimum absolute atomic E-state index is 0.317. The molecule has 0 bridgehead atoms. The number of nitrogens with zero attached hydrogens (tertiary/aromatic N) is 1. The van der Waals surface area contributed by atoms with Crippen molar-refractivity contribution in [3.05, 3.63) is 41.6 Å². The predicted octanol–water partition coefficient (Wildman–Crippen LogP) is 3.44. The van der Waals surface area contributed by atoms with Gasteiger partial charge in [0, 0.05) is 13.1 Å². The maximum Gasteiger partial charge on any atom is 0.243 e. The number of aryl methyl sites for hydroxylation is 1. The molecular weight excluding hydrogens is 298 g/mol. The molecular formula is C16H25NO2SSi. The van der Waals surface area contributed by atoms with Crippen LogP contribution in [0.15, 0.2) is 40.9 Å². The summed E-state index contributed by atoms with van der Waals surface area (Å²) in [5.74, 6) is 0.317. The number of rotatable bonds is 4. The smallest absolute Gasteiger partial charge is 0.207 e. The van der Waals surface area contributed by atoms with Crippen molar-refractivity contribution in [3.8, 4) is 0 Å². The highest BCUT2D eigenvalue weighted by Gasteiger charge is 2.36. The Morgan fingerprint density at radius 3 is 2.33 bits per heavy atom. The molecule has 1 aliphatic rings. The van der Waals surface area contributed by atoms with Crippen LogP contribution in [0.4, 0.5) is 0 Å². The van der Waals surface area contributed by atoms with Crippen molar-refractivity contribution in [2.24, 2.45) is 5.92 Å². The van der Waals surface area contributed by atoms with E-state index in [0.717, 1.165) is 12.0 Å². The Balaban J connectivity index is 2.17. The van der Waals surface area contributed by atoms with Gasteiger partial charge in [0.2, 0.25) is 10.0 Å². The van der Waals surface area contributed by atoms with Crippen molar-refractivity contribution in [1.29, 1.82) is 0 Å². The summed E-state index contributed by atoms with van der Waals surface area (Å²) in [5, 5.41) is 1.28. The van der Waals surface area contributed by atoms with Crippen LogP contribution in [-0.4, -0.2) is 33.9 Å². The van der Waals surface area contributed by atoms with E-state index in [1.807, 2.05) is 19.1 Å². The molecule has 21 heavy (non-hydrogen) atoms. The quantitative estimate of drug-likeness (QED) is 0.796. The number of hydrogen-bond donors (Lipinski definition) is 0. The van der Waals surface area contributed by atoms with Crippen LogP contribution < -0.4 is 0 Å². The van der Waals surface area contributed by atoms with Crippen LogP contribution in [0, 0.1) is 12.8 Å². The van der Waals surface area contributed by atoms with Gasteiger partial charge in [-0.05, 0) is 31.4 Å². The van der Waals surface area contributed by atoms with Gasteiger partial charge in [-0.3, -0.25) is 0 Å². The molecule has 1 aromatic rings. The Kier molecular flexibility index (Phi) is 4.47. The standard InChI is InChI=1S/C16H25NO2SSi/c1-13-6-8-16(9-7-13)20(18,19)17-11-10-15(12-17)14(2)21(3,4)5/h6-9,15H,2,10-12H2,1,3-5H3. The van der Waals surface area contributed by atoms with E-state index in [9.17, 15) is 8.42 Å². The van der Waals surface area contributed by atoms with Crippen LogP contribution in [0.2, 0.25) is 19.6 Å². The maximum absolute atomic E-state index is 12.7. The van der Waals surface area contributed by atoms with Gasteiger partial charge in [0.25, 0.3) is 0 Å². The van der Waals surface area contributed by atoms with E-state index >= 15 is 0 Å². The van der Waals surface area contributed by atoms with Gasteiger partial charge in [-0.1, -0.05) is 42.5 Å². The summed E-state index contributed by atoms with van der Waals surface area (Å²) in [6.45, 7) is 14.2. The molecule has 1 aromatic carbocycles. The number of sulfonamides is 1. The first-order valence-corrected chi connectivity index (χ1v) is 12.3. The first-order valence-electron chi connectivity index (χ1n) is 7.38. The number of hydrogen-bond acceptors (Lipinski definition) is 2. The molecule has 0 amide bonds. The summed E-state index contributed by atoms with van der Waals surface area (Å²) in [7, 11) is -4.78. The molecule has 1 unspecified atom stereocenters. The molecule has 1 heterocycles. The van der Waals surface area contributed by atoms with Crippen molar-refractivity contribution in [2.75, 3.05) is 13.1 Å². The maximum atomic E-state index is 12.7. The summed E-state index contributed by atoms with van der Waals surface area (Å²) in [6.07, 6.45) is 0.897. The molecule has 0 aromatic heterocycles. The summed E-state index contributed by atoms with van der Waals surface area (Å²) in [5.41, 5.74) is 1.07. The van der Waals surface area contributed by atoms with Gasteiger partial charge >= 0.3 is 0 Å². The minimum Gasteiger partial charge on any atom is -0.207 e. The molecule has 1 atom stereocenters. The highest BCUT2D eigenvalue weighted by Crippen LogP contribution is 2.32. The summed E-state index contributed by atoms with van der Waals surface area (Å²) < 4.78 is 27.0. The molecule has 1 saturated heterocycles. The molecule has 0 saturated carbocycles. The van der Waals surface area contributed by atoms with Crippen molar-refractivity contribution >= 4 is 18.1 Å². The largest absolute Gasteiger partial charge is 0.243 e. The second kappa shape index (κ2) is 5.70. The van der Waals surface area contributed by atoms with Crippen molar-refractivity contribution in [2.45, 2.75) is 37.9 Å². The Bertz CT molecular complexity index is 629. The molecule has 2 rings (SSSR count). The SMILES string of the molecule is C=C(C1CCN(S(=O)(=O)c2ccc(C)cc2)C1)[Si](C)(C)C. The molecule has 1 fully saturated rings. The highest BCUT2D eigenvalue weighted by atomic mass is 32.2. The monoisotopic (exact) mass is 323 g/mol. The normalized spacial score (nSPS) is 20.7. The average Bonchev–Trinajstić information content (AvgIpc) is 2.87. The van der Waals surface area contributed by atoms with Gasteiger partial charge in [0.1, 0.15) is 0 Å². The van der Waals surface area contributed by atoms with E-state index < -0.39 is 18.1 Å². The van der Waals surface area contributed by atoms with Crippen LogP contribution >= 0.6 is 0 Å². The summed E-state index contributed by atoms with van der Waals surface area (Å²) in [6, 6.07) is 7.10. The first-order chi connectivity index (χ1) is 9.62. The van der Waals surface area contributed by atoms with E-state index in [1.54, 1.807) is 16.4 Å². The van der Waals surface area contributed by atoms with Crippen LogP contribution in [0.3, 0.4) is 0 Å². The van der Waals surface area contributed by atoms with E-state index in [0.29, 0.717) is 23.9 Å². The van der Waals surface area contributed by atoms with E-state index in [4.69, 9.17) is 0 Å². The Hall–Kier alpha value is -0.913. The Morgan fingerprint density at radius 1 is 1.24 bits per heavy atom. The lowest BCUT2D eigenvalue weighted by molar-refractivity contribution is 0.469. The third-order valence-electron chi connectivity index (χ3n) is 4.27. The van der Waals surface area contributed by atoms with E-state index in [-0.39, 0.29) is 0 Å². The zero-order valence-electron chi connectivity index (χ0n) is 13.4. The molecule has 0 radical (unpaired) electrons. The molecule has 0 aliphatic carbocycles. The summed E-state index contributed by atoms with van der Waals surface area (Å²) >= 11 is 0. The lowest BCUT2D eigenvalue weighted by Gasteiger charge is -2.25. The molecule has 116 valence electrons. The van der Waals surface area contributed by atoms with Gasteiger partial charge < -0.3 is 0 Å². The van der Waals surface area contributed by atoms with Gasteiger partial charge in [-0.15, -0.1) is 6.58 Å². The topological polar surface area (TPSA) is 37.4 Å². The fourth-order valence-corrected chi connectivity index (χ4v) is 5.66. The van der Waals surface area contributed by atoms with Crippen molar-refractivity contribution in [1.82, 2.24) is 4.31 Å². The van der Waals surface area contributed by atoms with E-state index in [1.165, 1.54) is 5.20 Å². The van der Waals surface area contributed by atoms with Crippen molar-refractivity contribution < 1.29 is 8.42 Å². The third-order valence-corrected chi connectivity index (χ3v) is 8.48. The lowest BCUT2D eigenvalue weighted by Crippen LogP contribution is -2.32. The molecule has 0 spiro atoms. The molecule has 0 N–H and O–H groups in total. The second-order valence-electron chi connectivity index (χ2n) is 6.94. The van der Waals surface area contributed by atoms with Gasteiger partial charge in [0.15, 0.2) is 0 Å². The van der Waals surface area contributed by atoms with Gasteiger partial charge in [-0.2, -0.15) is 4.31 Å². The van der Waals surface area contributed by atoms with Gasteiger partial charge in [-0.25, -0.2) is 8.42 Å². The fraction of sp³-hybridized carbons (Fsp3) is 0.500. The summed E-state index contributed by atoms with van der Waals surface area (Å²) in [4.78, 5) is 0.396. The van der Waals surface area contributed by atoms with Crippen molar-refractivity contribution in [3.63, 3.8) is 0 Å². The van der Waals surface area contributed by atoms with Crippen LogP contribution in [0.1, 0.15) is 12.0 Å². The Labute approximate surface area is 129 Å². The van der Waals surface area contributed by atoms with Crippen LogP contribution in [0.25, 0.3) is 0 Å². The highest BCUT2D eigenvalue weighted by molar-refractivity contribution is 7.89. The first kappa shape index (κ1) is 16.5. The molecule has 1 aliphatic heterocycles. The van der Waals surface area contributed by atoms with Gasteiger partial charge in [0.05, 0.1) is 13.0 Å². The van der Waals surface area contributed by atoms with E-state index in [2.05, 4.69) is 26.2 Å². The zero-order chi connectivity index (χ0) is 15.8. The number of benzene rings is 1.